The zero-order valence-corrected chi connectivity index (χ0v) is 11.4. The lowest BCUT2D eigenvalue weighted by atomic mass is 10.1. The SMILES string of the molecule is CC(C)(C)OC(N)=O.Oc1cccc2ccccc12. The van der Waals surface area contributed by atoms with Gasteiger partial charge < -0.3 is 15.6 Å². The summed E-state index contributed by atoms with van der Waals surface area (Å²) in [5.74, 6) is 0.350. The number of phenols is 1. The van der Waals surface area contributed by atoms with E-state index >= 15 is 0 Å². The van der Waals surface area contributed by atoms with Crippen LogP contribution in [-0.4, -0.2) is 16.8 Å². The Morgan fingerprint density at radius 1 is 1.11 bits per heavy atom. The van der Waals surface area contributed by atoms with Crippen LogP contribution in [0.1, 0.15) is 20.8 Å². The molecule has 0 saturated heterocycles. The molecule has 102 valence electrons. The Morgan fingerprint density at radius 3 is 2.16 bits per heavy atom. The zero-order chi connectivity index (χ0) is 14.5. The van der Waals surface area contributed by atoms with Crippen molar-refractivity contribution >= 4 is 16.9 Å². The summed E-state index contributed by atoms with van der Waals surface area (Å²) in [6.45, 7) is 5.28. The summed E-state index contributed by atoms with van der Waals surface area (Å²) in [4.78, 5) is 10.0. The molecular weight excluding hydrogens is 242 g/mol. The molecule has 0 fully saturated rings. The summed E-state index contributed by atoms with van der Waals surface area (Å²) in [7, 11) is 0. The van der Waals surface area contributed by atoms with Crippen LogP contribution in [0.3, 0.4) is 0 Å². The van der Waals surface area contributed by atoms with Gasteiger partial charge in [-0.2, -0.15) is 0 Å². The van der Waals surface area contributed by atoms with Gasteiger partial charge in [-0.25, -0.2) is 4.79 Å². The Labute approximate surface area is 112 Å². The molecule has 0 bridgehead atoms. The smallest absolute Gasteiger partial charge is 0.405 e. The van der Waals surface area contributed by atoms with Crippen molar-refractivity contribution in [2.75, 3.05) is 0 Å². The number of fused-ring (bicyclic) bond motifs is 1. The molecule has 0 spiro atoms. The number of ether oxygens (including phenoxy) is 1. The van der Waals surface area contributed by atoms with Crippen LogP contribution in [0.25, 0.3) is 10.8 Å². The van der Waals surface area contributed by atoms with E-state index in [4.69, 9.17) is 5.73 Å². The molecule has 2 aromatic rings. The van der Waals surface area contributed by atoms with Crippen molar-refractivity contribution in [3.63, 3.8) is 0 Å². The molecule has 4 heteroatoms. The van der Waals surface area contributed by atoms with Crippen LogP contribution in [-0.2, 0) is 4.74 Å². The summed E-state index contributed by atoms with van der Waals surface area (Å²) in [6.07, 6.45) is -0.725. The predicted octanol–water partition coefficient (Wildman–Crippen LogP) is 3.43. The normalized spacial score (nSPS) is 10.5. The van der Waals surface area contributed by atoms with E-state index in [0.717, 1.165) is 10.8 Å². The number of carbonyl (C=O) groups excluding carboxylic acids is 1. The fourth-order valence-electron chi connectivity index (χ4n) is 1.51. The van der Waals surface area contributed by atoms with Crippen molar-refractivity contribution < 1.29 is 14.6 Å². The lowest BCUT2D eigenvalue weighted by molar-refractivity contribution is 0.0600. The molecule has 2 aromatic carbocycles. The maximum Gasteiger partial charge on any atom is 0.405 e. The van der Waals surface area contributed by atoms with Crippen LogP contribution in [0, 0.1) is 0 Å². The van der Waals surface area contributed by atoms with Crippen molar-refractivity contribution in [2.24, 2.45) is 5.73 Å². The topological polar surface area (TPSA) is 72.5 Å². The van der Waals surface area contributed by atoms with Gasteiger partial charge in [0.05, 0.1) is 0 Å². The fraction of sp³-hybridized carbons (Fsp3) is 0.267. The second-order valence-corrected chi connectivity index (χ2v) is 5.03. The lowest BCUT2D eigenvalue weighted by Crippen LogP contribution is -2.27. The minimum absolute atomic E-state index is 0.350. The second kappa shape index (κ2) is 6.09. The van der Waals surface area contributed by atoms with Gasteiger partial charge in [0.15, 0.2) is 0 Å². The molecular formula is C15H19NO3. The van der Waals surface area contributed by atoms with Crippen molar-refractivity contribution in [3.05, 3.63) is 42.5 Å². The number of amides is 1. The third kappa shape index (κ3) is 5.29. The van der Waals surface area contributed by atoms with Crippen molar-refractivity contribution in [3.8, 4) is 5.75 Å². The first-order valence-electron chi connectivity index (χ1n) is 5.95. The van der Waals surface area contributed by atoms with E-state index in [2.05, 4.69) is 4.74 Å². The van der Waals surface area contributed by atoms with Gasteiger partial charge in [-0.3, -0.25) is 0 Å². The number of phenolic OH excluding ortho intramolecular Hbond substituents is 1. The summed E-state index contributed by atoms with van der Waals surface area (Å²) in [5.41, 5.74) is 4.26. The molecule has 0 aliphatic rings. The average Bonchev–Trinajstić information content (AvgIpc) is 2.27. The Kier molecular flexibility index (Phi) is 4.75. The minimum Gasteiger partial charge on any atom is -0.507 e. The monoisotopic (exact) mass is 261 g/mol. The molecule has 19 heavy (non-hydrogen) atoms. The molecule has 4 nitrogen and oxygen atoms in total. The molecule has 1 amide bonds. The summed E-state index contributed by atoms with van der Waals surface area (Å²) in [6, 6.07) is 13.3. The molecule has 0 aliphatic carbocycles. The molecule has 3 N–H and O–H groups in total. The van der Waals surface area contributed by atoms with Gasteiger partial charge >= 0.3 is 6.09 Å². The van der Waals surface area contributed by atoms with Crippen LogP contribution in [0.4, 0.5) is 4.79 Å². The molecule has 0 aromatic heterocycles. The van der Waals surface area contributed by atoms with E-state index in [0.29, 0.717) is 5.75 Å². The quantitative estimate of drug-likeness (QED) is 0.763. The van der Waals surface area contributed by atoms with Gasteiger partial charge in [-0.1, -0.05) is 36.4 Å². The van der Waals surface area contributed by atoms with Crippen LogP contribution in [0.5, 0.6) is 5.75 Å². The van der Waals surface area contributed by atoms with E-state index in [1.54, 1.807) is 26.8 Å². The van der Waals surface area contributed by atoms with Crippen molar-refractivity contribution in [1.29, 1.82) is 0 Å². The molecule has 2 rings (SSSR count). The Balaban J connectivity index is 0.000000203. The standard InChI is InChI=1S/C10H8O.C5H11NO2/c11-10-7-3-5-8-4-1-2-6-9(8)10;1-5(2,3)8-4(6)7/h1-7,11H;1-3H3,(H2,6,7). The maximum absolute atomic E-state index is 10.0. The number of carbonyl (C=O) groups is 1. The summed E-state index contributed by atoms with van der Waals surface area (Å²) >= 11 is 0. The number of rotatable bonds is 0. The maximum atomic E-state index is 10.0. The number of nitrogens with two attached hydrogens (primary N) is 1. The summed E-state index contributed by atoms with van der Waals surface area (Å²) in [5, 5.41) is 11.4. The molecule has 0 unspecified atom stereocenters. The Hall–Kier alpha value is -2.23. The van der Waals surface area contributed by atoms with E-state index in [-0.39, 0.29) is 0 Å². The van der Waals surface area contributed by atoms with E-state index < -0.39 is 11.7 Å². The Morgan fingerprint density at radius 2 is 1.68 bits per heavy atom. The number of benzene rings is 2. The van der Waals surface area contributed by atoms with Crippen LogP contribution >= 0.6 is 0 Å². The predicted molar refractivity (Wildman–Crippen MR) is 76.0 cm³/mol. The second-order valence-electron chi connectivity index (χ2n) is 5.03. The third-order valence-electron chi connectivity index (χ3n) is 2.17. The van der Waals surface area contributed by atoms with E-state index in [1.165, 1.54) is 0 Å². The molecule has 0 saturated carbocycles. The van der Waals surface area contributed by atoms with E-state index in [9.17, 15) is 9.90 Å². The van der Waals surface area contributed by atoms with Gasteiger partial charge in [0.2, 0.25) is 0 Å². The zero-order valence-electron chi connectivity index (χ0n) is 11.4. The first-order chi connectivity index (χ1) is 8.79. The largest absolute Gasteiger partial charge is 0.507 e. The first kappa shape index (κ1) is 14.8. The van der Waals surface area contributed by atoms with Crippen molar-refractivity contribution in [1.82, 2.24) is 0 Å². The molecule has 0 heterocycles. The van der Waals surface area contributed by atoms with Gasteiger partial charge in [-0.05, 0) is 32.2 Å². The minimum atomic E-state index is -0.725. The summed E-state index contributed by atoms with van der Waals surface area (Å²) < 4.78 is 4.58. The van der Waals surface area contributed by atoms with Crippen LogP contribution in [0.2, 0.25) is 0 Å². The van der Waals surface area contributed by atoms with Crippen molar-refractivity contribution in [2.45, 2.75) is 26.4 Å². The highest BCUT2D eigenvalue weighted by Crippen LogP contribution is 2.22. The number of primary amides is 1. The molecule has 0 aliphatic heterocycles. The first-order valence-corrected chi connectivity index (χ1v) is 5.95. The number of aromatic hydroxyl groups is 1. The van der Waals surface area contributed by atoms with E-state index in [1.807, 2.05) is 36.4 Å². The number of hydrogen-bond acceptors (Lipinski definition) is 3. The van der Waals surface area contributed by atoms with Gasteiger partial charge in [0.25, 0.3) is 0 Å². The van der Waals surface area contributed by atoms with Gasteiger partial charge in [0, 0.05) is 5.39 Å². The van der Waals surface area contributed by atoms with Crippen LogP contribution < -0.4 is 5.73 Å². The van der Waals surface area contributed by atoms with Gasteiger partial charge in [-0.15, -0.1) is 0 Å². The van der Waals surface area contributed by atoms with Crippen LogP contribution in [0.15, 0.2) is 42.5 Å². The Bertz CT molecular complexity index is 553. The highest BCUT2D eigenvalue weighted by atomic mass is 16.6. The third-order valence-corrected chi connectivity index (χ3v) is 2.17. The highest BCUT2D eigenvalue weighted by molar-refractivity contribution is 5.87. The lowest BCUT2D eigenvalue weighted by Gasteiger charge is -2.16. The fourth-order valence-corrected chi connectivity index (χ4v) is 1.51. The highest BCUT2D eigenvalue weighted by Gasteiger charge is 2.12. The molecule has 0 atom stereocenters. The number of hydrogen-bond donors (Lipinski definition) is 2. The molecule has 0 radical (unpaired) electrons. The van der Waals surface area contributed by atoms with Gasteiger partial charge in [0.1, 0.15) is 11.4 Å². The average molecular weight is 261 g/mol.